The van der Waals surface area contributed by atoms with Crippen molar-refractivity contribution in [1.82, 2.24) is 9.80 Å². The van der Waals surface area contributed by atoms with Gasteiger partial charge in [-0.15, -0.1) is 12.6 Å². The summed E-state index contributed by atoms with van der Waals surface area (Å²) in [6.45, 7) is 1.86. The number of carbonyl (C=O) groups excluding carboxylic acids is 2. The van der Waals surface area contributed by atoms with E-state index >= 15 is 0 Å². The van der Waals surface area contributed by atoms with Crippen molar-refractivity contribution in [2.45, 2.75) is 4.90 Å². The quantitative estimate of drug-likeness (QED) is 0.854. The predicted molar refractivity (Wildman–Crippen MR) is 93.6 cm³/mol. The molecule has 2 aromatic carbocycles. The van der Waals surface area contributed by atoms with Gasteiger partial charge in [0.05, 0.1) is 5.56 Å². The molecular weight excluding hydrogens is 324 g/mol. The van der Waals surface area contributed by atoms with Crippen molar-refractivity contribution >= 4 is 24.6 Å². The topological polar surface area (TPSA) is 49.9 Å². The van der Waals surface area contributed by atoms with Gasteiger partial charge in [-0.2, -0.15) is 0 Å². The highest BCUT2D eigenvalue weighted by molar-refractivity contribution is 7.80. The van der Waals surface area contributed by atoms with Gasteiger partial charge in [0.15, 0.2) is 0 Å². The van der Waals surface area contributed by atoms with Crippen LogP contribution in [0.3, 0.4) is 0 Å². The number of amides is 2. The Kier molecular flexibility index (Phi) is 5.05. The molecule has 24 heavy (non-hydrogen) atoms. The zero-order chi connectivity index (χ0) is 16.9. The van der Waals surface area contributed by atoms with Crippen LogP contribution in [-0.2, 0) is 0 Å². The lowest BCUT2D eigenvalue weighted by Crippen LogP contribution is -2.51. The molecule has 0 spiro atoms. The number of ether oxygens (including phenoxy) is 1. The number of hydrogen-bond acceptors (Lipinski definition) is 4. The highest BCUT2D eigenvalue weighted by atomic mass is 32.1. The third kappa shape index (κ3) is 3.71. The van der Waals surface area contributed by atoms with E-state index in [0.29, 0.717) is 42.4 Å². The Labute approximate surface area is 146 Å². The zero-order valence-electron chi connectivity index (χ0n) is 13.1. The van der Waals surface area contributed by atoms with Crippen LogP contribution in [0.1, 0.15) is 10.4 Å². The minimum atomic E-state index is -0.386. The van der Waals surface area contributed by atoms with Gasteiger partial charge < -0.3 is 14.5 Å². The van der Waals surface area contributed by atoms with E-state index in [0.717, 1.165) is 0 Å². The minimum absolute atomic E-state index is 0.0586. The number of thiol groups is 1. The molecule has 124 valence electrons. The fourth-order valence-corrected chi connectivity index (χ4v) is 2.83. The van der Waals surface area contributed by atoms with E-state index in [-0.39, 0.29) is 12.0 Å². The molecule has 3 rings (SSSR count). The van der Waals surface area contributed by atoms with Crippen LogP contribution in [0.2, 0.25) is 0 Å². The second-order valence-electron chi connectivity index (χ2n) is 5.48. The first-order valence-electron chi connectivity index (χ1n) is 7.74. The molecule has 1 aliphatic rings. The number of nitrogens with zero attached hydrogens (tertiary/aromatic N) is 2. The molecule has 5 nitrogen and oxygen atoms in total. The number of piperazine rings is 1. The summed E-state index contributed by atoms with van der Waals surface area (Å²) < 4.78 is 5.32. The lowest BCUT2D eigenvalue weighted by Gasteiger charge is -2.34. The molecule has 0 atom stereocenters. The molecule has 0 aromatic heterocycles. The molecule has 0 unspecified atom stereocenters. The fourth-order valence-electron chi connectivity index (χ4n) is 2.57. The highest BCUT2D eigenvalue weighted by Crippen LogP contribution is 2.17. The standard InChI is InChI=1S/C18H18N2O3S/c21-17(15-8-4-5-9-16(15)24)19-10-12-20(13-11-19)18(22)23-14-6-2-1-3-7-14/h1-9,24H,10-13H2. The third-order valence-corrected chi connectivity index (χ3v) is 4.30. The average Bonchev–Trinajstić information content (AvgIpc) is 2.62. The molecule has 1 aliphatic heterocycles. The maximum Gasteiger partial charge on any atom is 0.415 e. The molecule has 6 heteroatoms. The summed E-state index contributed by atoms with van der Waals surface area (Å²) in [6.07, 6.45) is -0.386. The summed E-state index contributed by atoms with van der Waals surface area (Å²) in [5.41, 5.74) is 0.584. The van der Waals surface area contributed by atoms with Gasteiger partial charge >= 0.3 is 6.09 Å². The lowest BCUT2D eigenvalue weighted by atomic mass is 10.2. The van der Waals surface area contributed by atoms with E-state index in [9.17, 15) is 9.59 Å². The first-order chi connectivity index (χ1) is 11.6. The van der Waals surface area contributed by atoms with Gasteiger partial charge in [0, 0.05) is 31.1 Å². The first kappa shape index (κ1) is 16.4. The van der Waals surface area contributed by atoms with E-state index in [1.165, 1.54) is 0 Å². The summed E-state index contributed by atoms with van der Waals surface area (Å²) in [4.78, 5) is 28.7. The number of para-hydroxylation sites is 1. The maximum atomic E-state index is 12.5. The Morgan fingerprint density at radius 3 is 2.08 bits per heavy atom. The Balaban J connectivity index is 1.57. The number of carbonyl (C=O) groups is 2. The Morgan fingerprint density at radius 1 is 0.833 bits per heavy atom. The number of hydrogen-bond donors (Lipinski definition) is 1. The van der Waals surface area contributed by atoms with Gasteiger partial charge in [-0.3, -0.25) is 4.79 Å². The summed E-state index contributed by atoms with van der Waals surface area (Å²) >= 11 is 4.33. The van der Waals surface area contributed by atoms with Crippen LogP contribution in [-0.4, -0.2) is 48.0 Å². The molecule has 0 aliphatic carbocycles. The normalized spacial score (nSPS) is 14.4. The van der Waals surface area contributed by atoms with Crippen molar-refractivity contribution in [2.24, 2.45) is 0 Å². The van der Waals surface area contributed by atoms with Gasteiger partial charge in [-0.05, 0) is 24.3 Å². The van der Waals surface area contributed by atoms with Crippen molar-refractivity contribution in [1.29, 1.82) is 0 Å². The van der Waals surface area contributed by atoms with Gasteiger partial charge in [-0.1, -0.05) is 30.3 Å². The van der Waals surface area contributed by atoms with Crippen LogP contribution in [0.15, 0.2) is 59.5 Å². The van der Waals surface area contributed by atoms with E-state index in [2.05, 4.69) is 12.6 Å². The van der Waals surface area contributed by atoms with E-state index in [4.69, 9.17) is 4.74 Å². The Hall–Kier alpha value is -2.47. The maximum absolute atomic E-state index is 12.5. The highest BCUT2D eigenvalue weighted by Gasteiger charge is 2.26. The summed E-state index contributed by atoms with van der Waals surface area (Å²) in [6, 6.07) is 16.2. The van der Waals surface area contributed by atoms with Crippen LogP contribution in [0.5, 0.6) is 5.75 Å². The van der Waals surface area contributed by atoms with Crippen molar-refractivity contribution in [2.75, 3.05) is 26.2 Å². The summed E-state index contributed by atoms with van der Waals surface area (Å²) in [5.74, 6) is 0.460. The van der Waals surface area contributed by atoms with Crippen molar-refractivity contribution in [3.63, 3.8) is 0 Å². The largest absolute Gasteiger partial charge is 0.415 e. The molecule has 1 saturated heterocycles. The molecule has 0 radical (unpaired) electrons. The number of rotatable bonds is 2. The van der Waals surface area contributed by atoms with Crippen LogP contribution < -0.4 is 4.74 Å². The molecule has 0 saturated carbocycles. The average molecular weight is 342 g/mol. The van der Waals surface area contributed by atoms with Gasteiger partial charge in [0.2, 0.25) is 0 Å². The Bertz CT molecular complexity index is 728. The van der Waals surface area contributed by atoms with Crippen molar-refractivity contribution in [3.05, 3.63) is 60.2 Å². The molecule has 2 aromatic rings. The molecule has 2 amide bonds. The number of benzene rings is 2. The van der Waals surface area contributed by atoms with Crippen LogP contribution in [0.25, 0.3) is 0 Å². The van der Waals surface area contributed by atoms with Gasteiger partial charge in [0.25, 0.3) is 5.91 Å². The van der Waals surface area contributed by atoms with Crippen LogP contribution >= 0.6 is 12.6 Å². The minimum Gasteiger partial charge on any atom is -0.410 e. The van der Waals surface area contributed by atoms with Crippen molar-refractivity contribution in [3.8, 4) is 5.75 Å². The van der Waals surface area contributed by atoms with Crippen molar-refractivity contribution < 1.29 is 14.3 Å². The third-order valence-electron chi connectivity index (χ3n) is 3.91. The van der Waals surface area contributed by atoms with Crippen LogP contribution in [0.4, 0.5) is 4.79 Å². The second-order valence-corrected chi connectivity index (χ2v) is 5.96. The second kappa shape index (κ2) is 7.40. The molecule has 1 fully saturated rings. The monoisotopic (exact) mass is 342 g/mol. The molecule has 0 bridgehead atoms. The first-order valence-corrected chi connectivity index (χ1v) is 8.19. The summed E-state index contributed by atoms with van der Waals surface area (Å²) in [5, 5.41) is 0. The van der Waals surface area contributed by atoms with Gasteiger partial charge in [-0.25, -0.2) is 4.79 Å². The van der Waals surface area contributed by atoms with E-state index < -0.39 is 0 Å². The Morgan fingerprint density at radius 2 is 1.42 bits per heavy atom. The molecular formula is C18H18N2O3S. The fraction of sp³-hybridized carbons (Fsp3) is 0.222. The smallest absolute Gasteiger partial charge is 0.410 e. The van der Waals surface area contributed by atoms with E-state index in [1.807, 2.05) is 30.3 Å². The van der Waals surface area contributed by atoms with Crippen LogP contribution in [0, 0.1) is 0 Å². The SMILES string of the molecule is O=C(Oc1ccccc1)N1CCN(C(=O)c2ccccc2S)CC1. The van der Waals surface area contributed by atoms with Gasteiger partial charge in [0.1, 0.15) is 5.75 Å². The lowest BCUT2D eigenvalue weighted by molar-refractivity contribution is 0.0630. The zero-order valence-corrected chi connectivity index (χ0v) is 14.0. The predicted octanol–water partition coefficient (Wildman–Crippen LogP) is 2.93. The molecule has 1 heterocycles. The summed E-state index contributed by atoms with van der Waals surface area (Å²) in [7, 11) is 0. The van der Waals surface area contributed by atoms with E-state index in [1.54, 1.807) is 34.1 Å². The molecule has 0 N–H and O–H groups in total.